The fourth-order valence-corrected chi connectivity index (χ4v) is 3.26. The number of aromatic nitrogens is 2. The zero-order valence-electron chi connectivity index (χ0n) is 12.3. The van der Waals surface area contributed by atoms with Crippen LogP contribution >= 0.6 is 11.3 Å². The van der Waals surface area contributed by atoms with Crippen molar-refractivity contribution in [2.75, 3.05) is 11.9 Å². The molecule has 1 aliphatic rings. The van der Waals surface area contributed by atoms with Crippen LogP contribution in [0, 0.1) is 0 Å². The van der Waals surface area contributed by atoms with Crippen molar-refractivity contribution in [1.29, 1.82) is 0 Å². The lowest BCUT2D eigenvalue weighted by Crippen LogP contribution is -2.48. The molecule has 0 saturated carbocycles. The zero-order valence-corrected chi connectivity index (χ0v) is 13.1. The minimum atomic E-state index is -4.98. The van der Waals surface area contributed by atoms with Gasteiger partial charge in [0.25, 0.3) is 0 Å². The molecule has 10 heteroatoms. The third-order valence-electron chi connectivity index (χ3n) is 3.72. The number of halogens is 3. The number of amides is 2. The number of hydrogen-bond donors (Lipinski definition) is 2. The van der Waals surface area contributed by atoms with E-state index in [1.807, 2.05) is 16.8 Å². The van der Waals surface area contributed by atoms with Crippen molar-refractivity contribution in [2.45, 2.75) is 25.1 Å². The molecule has 0 aliphatic carbocycles. The number of carbonyl (C=O) groups excluding carboxylic acids is 2. The molecule has 0 radical (unpaired) electrons. The van der Waals surface area contributed by atoms with E-state index < -0.39 is 24.0 Å². The van der Waals surface area contributed by atoms with Gasteiger partial charge in [-0.3, -0.25) is 14.7 Å². The topological polar surface area (TPSA) is 78.1 Å². The van der Waals surface area contributed by atoms with Gasteiger partial charge in [0.05, 0.1) is 5.69 Å². The molecule has 2 amide bonds. The largest absolute Gasteiger partial charge is 0.471 e. The van der Waals surface area contributed by atoms with Crippen molar-refractivity contribution < 1.29 is 22.8 Å². The summed E-state index contributed by atoms with van der Waals surface area (Å²) in [6.45, 7) is -0.0862. The van der Waals surface area contributed by atoms with Crippen molar-refractivity contribution in [1.82, 2.24) is 15.1 Å². The summed E-state index contributed by atoms with van der Waals surface area (Å²) in [5, 5.41) is 12.9. The molecule has 2 aromatic rings. The molecule has 6 nitrogen and oxygen atoms in total. The summed E-state index contributed by atoms with van der Waals surface area (Å²) in [7, 11) is 0. The number of nitrogens with one attached hydrogen (secondary N) is 2. The van der Waals surface area contributed by atoms with Crippen LogP contribution in [-0.2, 0) is 9.59 Å². The number of hydrogen-bond acceptors (Lipinski definition) is 4. The number of carbonyl (C=O) groups is 2. The van der Waals surface area contributed by atoms with Crippen LogP contribution in [0.3, 0.4) is 0 Å². The van der Waals surface area contributed by atoms with Gasteiger partial charge in [-0.2, -0.15) is 29.6 Å². The summed E-state index contributed by atoms with van der Waals surface area (Å²) in [6, 6.07) is 2.32. The number of likely N-dealkylation sites (tertiary alicyclic amines) is 1. The smallest absolute Gasteiger partial charge is 0.323 e. The van der Waals surface area contributed by atoms with Crippen LogP contribution in [0.2, 0.25) is 0 Å². The summed E-state index contributed by atoms with van der Waals surface area (Å²) in [5.74, 6) is -2.46. The molecular formula is C14H13F3N4O2S. The quantitative estimate of drug-likeness (QED) is 0.885. The van der Waals surface area contributed by atoms with Gasteiger partial charge in [0, 0.05) is 23.6 Å². The molecule has 1 saturated heterocycles. The molecule has 3 heterocycles. The van der Waals surface area contributed by atoms with Crippen LogP contribution in [0.4, 0.5) is 19.0 Å². The Hall–Kier alpha value is -2.36. The Labute approximate surface area is 138 Å². The van der Waals surface area contributed by atoms with Crippen LogP contribution in [-0.4, -0.2) is 45.7 Å². The minimum absolute atomic E-state index is 0.0862. The van der Waals surface area contributed by atoms with Crippen LogP contribution in [0.15, 0.2) is 22.9 Å². The molecule has 1 unspecified atom stereocenters. The lowest BCUT2D eigenvalue weighted by molar-refractivity contribution is -0.186. The molecular weight excluding hydrogens is 345 g/mol. The third-order valence-corrected chi connectivity index (χ3v) is 4.40. The molecule has 0 aromatic carbocycles. The molecule has 2 N–H and O–H groups in total. The van der Waals surface area contributed by atoms with E-state index in [4.69, 9.17) is 0 Å². The van der Waals surface area contributed by atoms with E-state index in [1.165, 1.54) is 11.3 Å². The van der Waals surface area contributed by atoms with E-state index in [1.54, 1.807) is 6.07 Å². The highest BCUT2D eigenvalue weighted by Crippen LogP contribution is 2.27. The predicted molar refractivity (Wildman–Crippen MR) is 81.3 cm³/mol. The Morgan fingerprint density at radius 3 is 2.88 bits per heavy atom. The number of H-pyrrole nitrogens is 1. The van der Waals surface area contributed by atoms with E-state index >= 15 is 0 Å². The first-order valence-electron chi connectivity index (χ1n) is 7.13. The predicted octanol–water partition coefficient (Wildman–Crippen LogP) is 2.63. The van der Waals surface area contributed by atoms with Crippen molar-refractivity contribution in [2.24, 2.45) is 0 Å². The lowest BCUT2D eigenvalue weighted by Gasteiger charge is -2.24. The van der Waals surface area contributed by atoms with E-state index in [0.717, 1.165) is 5.56 Å². The Balaban J connectivity index is 1.69. The van der Waals surface area contributed by atoms with Crippen molar-refractivity contribution in [3.8, 4) is 11.3 Å². The fraction of sp³-hybridized carbons (Fsp3) is 0.357. The molecule has 1 fully saturated rings. The van der Waals surface area contributed by atoms with Gasteiger partial charge in [0.1, 0.15) is 6.04 Å². The summed E-state index contributed by atoms with van der Waals surface area (Å²) < 4.78 is 37.8. The minimum Gasteiger partial charge on any atom is -0.323 e. The van der Waals surface area contributed by atoms with Crippen LogP contribution in [0.5, 0.6) is 0 Å². The number of rotatable bonds is 3. The average molecular weight is 358 g/mol. The highest BCUT2D eigenvalue weighted by atomic mass is 32.1. The highest BCUT2D eigenvalue weighted by Gasteiger charge is 2.47. The second-order valence-corrected chi connectivity index (χ2v) is 6.10. The first kappa shape index (κ1) is 16.5. The molecule has 3 rings (SSSR count). The fourth-order valence-electron chi connectivity index (χ4n) is 2.61. The maximum Gasteiger partial charge on any atom is 0.471 e. The van der Waals surface area contributed by atoms with Gasteiger partial charge in [-0.25, -0.2) is 0 Å². The summed E-state index contributed by atoms with van der Waals surface area (Å²) in [4.78, 5) is 24.2. The second-order valence-electron chi connectivity index (χ2n) is 5.32. The van der Waals surface area contributed by atoms with E-state index in [-0.39, 0.29) is 18.8 Å². The monoisotopic (exact) mass is 358 g/mol. The summed E-state index contributed by atoms with van der Waals surface area (Å²) >= 11 is 1.50. The Morgan fingerprint density at radius 1 is 1.42 bits per heavy atom. The van der Waals surface area contributed by atoms with Gasteiger partial charge in [0.15, 0.2) is 5.82 Å². The van der Waals surface area contributed by atoms with Crippen molar-refractivity contribution >= 4 is 29.0 Å². The molecule has 0 bridgehead atoms. The molecule has 1 aliphatic heterocycles. The van der Waals surface area contributed by atoms with E-state index in [2.05, 4.69) is 15.5 Å². The normalized spacial score (nSPS) is 18.0. The average Bonchev–Trinajstić information content (AvgIpc) is 3.25. The molecule has 1 atom stereocenters. The summed E-state index contributed by atoms with van der Waals surface area (Å²) in [6.07, 6.45) is -4.45. The second kappa shape index (κ2) is 6.27. The van der Waals surface area contributed by atoms with Crippen LogP contribution < -0.4 is 5.32 Å². The van der Waals surface area contributed by atoms with Gasteiger partial charge in [-0.05, 0) is 24.3 Å². The summed E-state index contributed by atoms with van der Waals surface area (Å²) in [5.41, 5.74) is 1.57. The Morgan fingerprint density at radius 2 is 2.21 bits per heavy atom. The van der Waals surface area contributed by atoms with E-state index in [9.17, 15) is 22.8 Å². The Kier molecular flexibility index (Phi) is 4.31. The van der Waals surface area contributed by atoms with Crippen LogP contribution in [0.25, 0.3) is 11.3 Å². The van der Waals surface area contributed by atoms with E-state index in [0.29, 0.717) is 17.0 Å². The van der Waals surface area contributed by atoms with Crippen molar-refractivity contribution in [3.63, 3.8) is 0 Å². The number of nitrogens with zero attached hydrogens (tertiary/aromatic N) is 2. The van der Waals surface area contributed by atoms with Gasteiger partial charge in [0.2, 0.25) is 5.91 Å². The number of aromatic amines is 1. The Bertz CT molecular complexity index is 742. The van der Waals surface area contributed by atoms with Gasteiger partial charge in [-0.15, -0.1) is 0 Å². The molecule has 24 heavy (non-hydrogen) atoms. The first-order valence-corrected chi connectivity index (χ1v) is 8.07. The maximum atomic E-state index is 12.6. The molecule has 2 aromatic heterocycles. The first-order chi connectivity index (χ1) is 11.4. The van der Waals surface area contributed by atoms with Gasteiger partial charge < -0.3 is 10.2 Å². The SMILES string of the molecule is O=C(Nc1cc(-c2ccsc2)[nH]n1)C1CCCN1C(=O)C(F)(F)F. The van der Waals surface area contributed by atoms with Crippen LogP contribution in [0.1, 0.15) is 12.8 Å². The molecule has 0 spiro atoms. The maximum absolute atomic E-state index is 12.6. The number of thiophene rings is 1. The number of alkyl halides is 3. The van der Waals surface area contributed by atoms with Gasteiger partial charge in [-0.1, -0.05) is 0 Å². The third kappa shape index (κ3) is 3.28. The highest BCUT2D eigenvalue weighted by molar-refractivity contribution is 7.08. The lowest BCUT2D eigenvalue weighted by atomic mass is 10.2. The molecule has 128 valence electrons. The zero-order chi connectivity index (χ0) is 17.3. The van der Waals surface area contributed by atoms with Crippen molar-refractivity contribution in [3.05, 3.63) is 22.9 Å². The standard InChI is InChI=1S/C14H13F3N4O2S/c15-14(16,17)13(23)21-4-1-2-10(21)12(22)18-11-6-9(19-20-11)8-3-5-24-7-8/h3,5-7,10H,1-2,4H2,(H2,18,19,20,22). The van der Waals surface area contributed by atoms with Gasteiger partial charge >= 0.3 is 12.1 Å². The number of anilines is 1.